The summed E-state index contributed by atoms with van der Waals surface area (Å²) in [7, 11) is 0. The predicted octanol–water partition coefficient (Wildman–Crippen LogP) is 3.24. The molecule has 0 heterocycles. The number of ether oxygens (including phenoxy) is 1. The molecule has 2 rings (SSSR count). The lowest BCUT2D eigenvalue weighted by Crippen LogP contribution is -2.22. The molecule has 26 heavy (non-hydrogen) atoms. The van der Waals surface area contributed by atoms with E-state index >= 15 is 0 Å². The molecule has 0 unspecified atom stereocenters. The van der Waals surface area contributed by atoms with Crippen LogP contribution >= 0.6 is 0 Å². The fourth-order valence-corrected chi connectivity index (χ4v) is 2.32. The number of carbonyl (C=O) groups excluding carboxylic acids is 2. The van der Waals surface area contributed by atoms with Gasteiger partial charge in [0, 0.05) is 12.1 Å². The molecule has 7 heteroatoms. The maximum atomic E-state index is 11.9. The third-order valence-electron chi connectivity index (χ3n) is 3.99. The Morgan fingerprint density at radius 3 is 2.38 bits per heavy atom. The van der Waals surface area contributed by atoms with Crippen molar-refractivity contribution in [3.63, 3.8) is 0 Å². The topological polar surface area (TPSA) is 98.5 Å². The van der Waals surface area contributed by atoms with Crippen molar-refractivity contribution in [2.75, 3.05) is 11.9 Å². The lowest BCUT2D eigenvalue weighted by Gasteiger charge is -2.09. The number of nitrogens with zero attached hydrogens (tertiary/aromatic N) is 1. The lowest BCUT2D eigenvalue weighted by atomic mass is 10.0. The first-order chi connectivity index (χ1) is 12.3. The summed E-state index contributed by atoms with van der Waals surface area (Å²) < 4.78 is 4.98. The van der Waals surface area contributed by atoms with Crippen LogP contribution in [0.4, 0.5) is 11.4 Å². The minimum atomic E-state index is -0.554. The second-order valence-corrected chi connectivity index (χ2v) is 6.06. The minimum absolute atomic E-state index is 0.0736. The summed E-state index contributed by atoms with van der Waals surface area (Å²) in [6.45, 7) is 5.20. The Kier molecular flexibility index (Phi) is 6.06. The molecule has 0 aromatic heterocycles. The van der Waals surface area contributed by atoms with Crippen LogP contribution in [0.3, 0.4) is 0 Å². The number of amides is 1. The number of non-ortho nitro benzene ring substituents is 1. The van der Waals surface area contributed by atoms with E-state index in [0.717, 1.165) is 16.7 Å². The van der Waals surface area contributed by atoms with E-state index in [-0.39, 0.29) is 12.1 Å². The number of rotatable bonds is 6. The first kappa shape index (κ1) is 19.1. The van der Waals surface area contributed by atoms with Crippen molar-refractivity contribution in [3.8, 4) is 0 Å². The van der Waals surface area contributed by atoms with Crippen molar-refractivity contribution in [2.45, 2.75) is 27.2 Å². The van der Waals surface area contributed by atoms with Crippen molar-refractivity contribution in [3.05, 3.63) is 68.8 Å². The highest BCUT2D eigenvalue weighted by Gasteiger charge is 2.13. The van der Waals surface area contributed by atoms with Crippen LogP contribution in [0.2, 0.25) is 0 Å². The molecule has 0 bridgehead atoms. The summed E-state index contributed by atoms with van der Waals surface area (Å²) in [5, 5.41) is 13.3. The molecule has 0 saturated heterocycles. The van der Waals surface area contributed by atoms with E-state index < -0.39 is 23.4 Å². The van der Waals surface area contributed by atoms with Gasteiger partial charge < -0.3 is 10.1 Å². The van der Waals surface area contributed by atoms with E-state index in [1.165, 1.54) is 12.1 Å². The van der Waals surface area contributed by atoms with E-state index in [2.05, 4.69) is 5.32 Å². The molecule has 0 aliphatic carbocycles. The van der Waals surface area contributed by atoms with Crippen molar-refractivity contribution in [1.82, 2.24) is 0 Å². The Bertz CT molecular complexity index is 861. The molecule has 0 fully saturated rings. The van der Waals surface area contributed by atoms with Crippen molar-refractivity contribution >= 4 is 23.3 Å². The Morgan fingerprint density at radius 2 is 1.73 bits per heavy atom. The van der Waals surface area contributed by atoms with Crippen LogP contribution in [0.25, 0.3) is 0 Å². The fraction of sp³-hybridized carbons (Fsp3) is 0.263. The van der Waals surface area contributed by atoms with Crippen molar-refractivity contribution in [2.24, 2.45) is 0 Å². The molecule has 2 aromatic carbocycles. The van der Waals surface area contributed by atoms with E-state index in [0.29, 0.717) is 11.3 Å². The van der Waals surface area contributed by atoms with E-state index in [9.17, 15) is 19.7 Å². The lowest BCUT2D eigenvalue weighted by molar-refractivity contribution is -0.384. The molecule has 0 spiro atoms. The number of hydrogen-bond donors (Lipinski definition) is 1. The fourth-order valence-electron chi connectivity index (χ4n) is 2.32. The summed E-state index contributed by atoms with van der Waals surface area (Å²) in [6.07, 6.45) is 0.0736. The zero-order valence-corrected chi connectivity index (χ0v) is 14.9. The second kappa shape index (κ2) is 8.24. The molecule has 0 aliphatic rings. The zero-order chi connectivity index (χ0) is 19.3. The number of nitro benzene ring substituents is 1. The maximum Gasteiger partial charge on any atom is 0.310 e. The third kappa shape index (κ3) is 5.14. The molecule has 7 nitrogen and oxygen atoms in total. The van der Waals surface area contributed by atoms with Crippen molar-refractivity contribution < 1.29 is 19.2 Å². The predicted molar refractivity (Wildman–Crippen MR) is 97.0 cm³/mol. The van der Waals surface area contributed by atoms with Gasteiger partial charge in [-0.3, -0.25) is 19.7 Å². The van der Waals surface area contributed by atoms with Crippen LogP contribution in [0.5, 0.6) is 0 Å². The van der Waals surface area contributed by atoms with Gasteiger partial charge in [-0.15, -0.1) is 0 Å². The number of nitro groups is 1. The summed E-state index contributed by atoms with van der Waals surface area (Å²) >= 11 is 0. The molecule has 0 atom stereocenters. The van der Waals surface area contributed by atoms with Crippen LogP contribution in [-0.2, 0) is 20.7 Å². The third-order valence-corrected chi connectivity index (χ3v) is 3.99. The smallest absolute Gasteiger partial charge is 0.310 e. The number of aryl methyl sites for hydroxylation is 3. The molecule has 0 aliphatic heterocycles. The van der Waals surface area contributed by atoms with E-state index in [1.807, 2.05) is 32.0 Å². The average Bonchev–Trinajstić information content (AvgIpc) is 2.58. The quantitative estimate of drug-likeness (QED) is 0.487. The van der Waals surface area contributed by atoms with E-state index in [4.69, 9.17) is 4.74 Å². The Hall–Kier alpha value is -3.22. The summed E-state index contributed by atoms with van der Waals surface area (Å²) in [5.41, 5.74) is 3.88. The normalized spacial score (nSPS) is 10.3. The van der Waals surface area contributed by atoms with Gasteiger partial charge in [0.25, 0.3) is 11.6 Å². The van der Waals surface area contributed by atoms with Crippen LogP contribution in [0.15, 0.2) is 36.4 Å². The van der Waals surface area contributed by atoms with Crippen LogP contribution in [-0.4, -0.2) is 23.4 Å². The van der Waals surface area contributed by atoms with E-state index in [1.54, 1.807) is 13.0 Å². The number of anilines is 1. The first-order valence-corrected chi connectivity index (χ1v) is 8.03. The van der Waals surface area contributed by atoms with Crippen LogP contribution < -0.4 is 5.32 Å². The number of carbonyl (C=O) groups is 2. The summed E-state index contributed by atoms with van der Waals surface area (Å²) in [5.74, 6) is -1.07. The molecular weight excluding hydrogens is 336 g/mol. The minimum Gasteiger partial charge on any atom is -0.455 e. The molecular formula is C19H20N2O5. The molecule has 136 valence electrons. The molecule has 1 amide bonds. The van der Waals surface area contributed by atoms with Crippen LogP contribution in [0, 0.1) is 30.9 Å². The molecule has 1 N–H and O–H groups in total. The Labute approximate surface area is 151 Å². The van der Waals surface area contributed by atoms with Gasteiger partial charge in [-0.1, -0.05) is 24.3 Å². The standard InChI is InChI=1S/C19H20N2O5/c1-12-4-6-15(8-14(12)3)9-19(23)26-11-18(22)20-17-10-16(21(24)25)7-5-13(17)2/h4-8,10H,9,11H2,1-3H3,(H,20,22). The number of esters is 1. The highest BCUT2D eigenvalue weighted by atomic mass is 16.6. The van der Waals surface area contributed by atoms with Crippen LogP contribution in [0.1, 0.15) is 22.3 Å². The Balaban J connectivity index is 1.90. The van der Waals surface area contributed by atoms with Gasteiger partial charge in [-0.25, -0.2) is 0 Å². The first-order valence-electron chi connectivity index (χ1n) is 8.03. The largest absolute Gasteiger partial charge is 0.455 e. The average molecular weight is 356 g/mol. The van der Waals surface area contributed by atoms with Gasteiger partial charge in [0.15, 0.2) is 6.61 Å². The molecule has 0 radical (unpaired) electrons. The van der Waals surface area contributed by atoms with Gasteiger partial charge >= 0.3 is 5.97 Å². The van der Waals surface area contributed by atoms with Gasteiger partial charge in [0.05, 0.1) is 17.0 Å². The van der Waals surface area contributed by atoms with Gasteiger partial charge in [0.2, 0.25) is 0 Å². The van der Waals surface area contributed by atoms with Gasteiger partial charge in [0.1, 0.15) is 0 Å². The summed E-state index contributed by atoms with van der Waals surface area (Å²) in [6, 6.07) is 9.84. The SMILES string of the molecule is Cc1ccc(CC(=O)OCC(=O)Nc2cc([N+](=O)[O-])ccc2C)cc1C. The number of benzene rings is 2. The maximum absolute atomic E-state index is 11.9. The zero-order valence-electron chi connectivity index (χ0n) is 14.9. The summed E-state index contributed by atoms with van der Waals surface area (Å²) in [4.78, 5) is 34.1. The monoisotopic (exact) mass is 356 g/mol. The molecule has 2 aromatic rings. The van der Waals surface area contributed by atoms with Gasteiger partial charge in [-0.2, -0.15) is 0 Å². The second-order valence-electron chi connectivity index (χ2n) is 6.06. The Morgan fingerprint density at radius 1 is 1.04 bits per heavy atom. The van der Waals surface area contributed by atoms with Gasteiger partial charge in [-0.05, 0) is 43.0 Å². The highest BCUT2D eigenvalue weighted by Crippen LogP contribution is 2.21. The molecule has 0 saturated carbocycles. The number of hydrogen-bond acceptors (Lipinski definition) is 5. The highest BCUT2D eigenvalue weighted by molar-refractivity contribution is 5.93. The number of nitrogens with one attached hydrogen (secondary N) is 1. The van der Waals surface area contributed by atoms with Crippen molar-refractivity contribution in [1.29, 1.82) is 0 Å².